The maximum absolute atomic E-state index is 11.4. The predicted octanol–water partition coefficient (Wildman–Crippen LogP) is 3.68. The molecular weight excluding hydrogens is 374 g/mol. The van der Waals surface area contributed by atoms with Crippen molar-refractivity contribution in [3.8, 4) is 0 Å². The van der Waals surface area contributed by atoms with Gasteiger partial charge in [0.25, 0.3) is 0 Å². The summed E-state index contributed by atoms with van der Waals surface area (Å²) in [6.45, 7) is 0.562. The van der Waals surface area contributed by atoms with Crippen LogP contribution in [-0.4, -0.2) is 23.3 Å². The molecule has 0 unspecified atom stereocenters. The molecule has 3 nitrogen and oxygen atoms in total. The third kappa shape index (κ3) is 4.14. The minimum absolute atomic E-state index is 0.0183. The van der Waals surface area contributed by atoms with Gasteiger partial charge in [-0.1, -0.05) is 31.9 Å². The Morgan fingerprint density at radius 2 is 1.53 bits per heavy atom. The lowest BCUT2D eigenvalue weighted by molar-refractivity contribution is -0.138. The lowest BCUT2D eigenvalue weighted by Crippen LogP contribution is -2.29. The minimum Gasteiger partial charge on any atom is -0.283 e. The normalized spacial score (nSPS) is 15.4. The summed E-state index contributed by atoms with van der Waals surface area (Å²) in [7, 11) is 0. The van der Waals surface area contributed by atoms with Crippen molar-refractivity contribution >= 4 is 43.7 Å². The molecule has 1 saturated heterocycles. The fourth-order valence-electron chi connectivity index (χ4n) is 2.23. The number of rotatable bonds is 5. The average Bonchev–Trinajstić information content (AvgIpc) is 2.64. The number of carbonyl (C=O) groups excluding carboxylic acids is 2. The molecule has 2 rings (SSSR count). The van der Waals surface area contributed by atoms with Crippen LogP contribution in [0.15, 0.2) is 27.1 Å². The molecule has 19 heavy (non-hydrogen) atoms. The van der Waals surface area contributed by atoms with Gasteiger partial charge < -0.3 is 0 Å². The van der Waals surface area contributed by atoms with E-state index in [4.69, 9.17) is 0 Å². The molecule has 1 aliphatic heterocycles. The van der Waals surface area contributed by atoms with Crippen LogP contribution in [0, 0.1) is 0 Å². The van der Waals surface area contributed by atoms with Gasteiger partial charge in [0.1, 0.15) is 0 Å². The number of hydrogen-bond donors (Lipinski definition) is 0. The first-order valence-corrected chi connectivity index (χ1v) is 7.93. The second-order valence-electron chi connectivity index (χ2n) is 4.67. The SMILES string of the molecule is O=C1CCC(=O)N1CCCCc1cc(Br)cc(Br)c1. The Hall–Kier alpha value is -0.680. The summed E-state index contributed by atoms with van der Waals surface area (Å²) >= 11 is 6.93. The third-order valence-electron chi connectivity index (χ3n) is 3.17. The number of likely N-dealkylation sites (tertiary alicyclic amines) is 1. The van der Waals surface area contributed by atoms with Crippen LogP contribution >= 0.6 is 31.9 Å². The zero-order valence-electron chi connectivity index (χ0n) is 10.5. The standard InChI is InChI=1S/C14H15Br2NO2/c15-11-7-10(8-12(16)9-11)3-1-2-6-17-13(18)4-5-14(17)19/h7-9H,1-6H2. The average molecular weight is 389 g/mol. The Kier molecular flexibility index (Phi) is 5.16. The van der Waals surface area contributed by atoms with Gasteiger partial charge in [-0.25, -0.2) is 0 Å². The number of imide groups is 1. The van der Waals surface area contributed by atoms with Crippen molar-refractivity contribution in [2.24, 2.45) is 0 Å². The molecule has 1 aliphatic rings. The van der Waals surface area contributed by atoms with Crippen molar-refractivity contribution in [1.82, 2.24) is 4.90 Å². The van der Waals surface area contributed by atoms with Crippen molar-refractivity contribution in [2.45, 2.75) is 32.1 Å². The number of nitrogens with zero attached hydrogens (tertiary/aromatic N) is 1. The maximum atomic E-state index is 11.4. The third-order valence-corrected chi connectivity index (χ3v) is 4.09. The Balaban J connectivity index is 1.77. The van der Waals surface area contributed by atoms with Gasteiger partial charge in [0, 0.05) is 28.3 Å². The van der Waals surface area contributed by atoms with Gasteiger partial charge in [-0.3, -0.25) is 14.5 Å². The molecule has 102 valence electrons. The molecule has 1 aromatic rings. The zero-order chi connectivity index (χ0) is 13.8. The van der Waals surface area contributed by atoms with Gasteiger partial charge in [0.15, 0.2) is 0 Å². The number of halogens is 2. The fraction of sp³-hybridized carbons (Fsp3) is 0.429. The summed E-state index contributed by atoms with van der Waals surface area (Å²) in [6.07, 6.45) is 3.56. The summed E-state index contributed by atoms with van der Waals surface area (Å²) in [5.41, 5.74) is 1.25. The van der Waals surface area contributed by atoms with Crippen molar-refractivity contribution in [3.05, 3.63) is 32.7 Å². The molecular formula is C14H15Br2NO2. The van der Waals surface area contributed by atoms with E-state index in [1.807, 2.05) is 6.07 Å². The second kappa shape index (κ2) is 6.66. The van der Waals surface area contributed by atoms with E-state index in [1.165, 1.54) is 10.5 Å². The van der Waals surface area contributed by atoms with Gasteiger partial charge in [0.05, 0.1) is 0 Å². The van der Waals surface area contributed by atoms with Gasteiger partial charge in [-0.15, -0.1) is 0 Å². The van der Waals surface area contributed by atoms with Crippen LogP contribution in [0.3, 0.4) is 0 Å². The Morgan fingerprint density at radius 3 is 2.11 bits per heavy atom. The highest BCUT2D eigenvalue weighted by Gasteiger charge is 2.27. The Morgan fingerprint density at radius 1 is 0.947 bits per heavy atom. The number of benzene rings is 1. The molecule has 0 aliphatic carbocycles. The first-order chi connectivity index (χ1) is 9.06. The number of unbranched alkanes of at least 4 members (excludes halogenated alkanes) is 1. The molecule has 0 bridgehead atoms. The summed E-state index contributed by atoms with van der Waals surface area (Å²) in [5.74, 6) is -0.0367. The minimum atomic E-state index is -0.0183. The first-order valence-electron chi connectivity index (χ1n) is 6.34. The van der Waals surface area contributed by atoms with Crippen LogP contribution < -0.4 is 0 Å². The van der Waals surface area contributed by atoms with E-state index in [2.05, 4.69) is 44.0 Å². The molecule has 1 fully saturated rings. The van der Waals surface area contributed by atoms with Crippen LogP contribution in [-0.2, 0) is 16.0 Å². The van der Waals surface area contributed by atoms with Gasteiger partial charge in [-0.2, -0.15) is 0 Å². The van der Waals surface area contributed by atoms with Crippen molar-refractivity contribution < 1.29 is 9.59 Å². The van der Waals surface area contributed by atoms with Crippen molar-refractivity contribution in [2.75, 3.05) is 6.54 Å². The maximum Gasteiger partial charge on any atom is 0.229 e. The Bertz CT molecular complexity index is 466. The van der Waals surface area contributed by atoms with Crippen LogP contribution in [0.4, 0.5) is 0 Å². The summed E-state index contributed by atoms with van der Waals surface area (Å²) in [4.78, 5) is 24.3. The first kappa shape index (κ1) is 14.7. The number of amides is 2. The lowest BCUT2D eigenvalue weighted by atomic mass is 10.1. The highest BCUT2D eigenvalue weighted by atomic mass is 79.9. The second-order valence-corrected chi connectivity index (χ2v) is 6.51. The van der Waals surface area contributed by atoms with E-state index < -0.39 is 0 Å². The quantitative estimate of drug-likeness (QED) is 0.569. The van der Waals surface area contributed by atoms with Crippen LogP contribution in [0.5, 0.6) is 0 Å². The van der Waals surface area contributed by atoms with Gasteiger partial charge >= 0.3 is 0 Å². The zero-order valence-corrected chi connectivity index (χ0v) is 13.7. The largest absolute Gasteiger partial charge is 0.283 e. The van der Waals surface area contributed by atoms with E-state index in [9.17, 15) is 9.59 Å². The summed E-state index contributed by atoms with van der Waals surface area (Å²) in [5, 5.41) is 0. The van der Waals surface area contributed by atoms with E-state index in [0.717, 1.165) is 28.2 Å². The number of carbonyl (C=O) groups is 2. The van der Waals surface area contributed by atoms with Crippen molar-refractivity contribution in [1.29, 1.82) is 0 Å². The molecule has 0 saturated carbocycles. The van der Waals surface area contributed by atoms with Crippen LogP contribution in [0.25, 0.3) is 0 Å². The molecule has 5 heteroatoms. The van der Waals surface area contributed by atoms with E-state index >= 15 is 0 Å². The smallest absolute Gasteiger partial charge is 0.229 e. The van der Waals surface area contributed by atoms with E-state index in [-0.39, 0.29) is 11.8 Å². The predicted molar refractivity (Wildman–Crippen MR) is 80.7 cm³/mol. The Labute approximate surface area is 129 Å². The van der Waals surface area contributed by atoms with Gasteiger partial charge in [-0.05, 0) is 43.0 Å². The summed E-state index contributed by atoms with van der Waals surface area (Å²) < 4.78 is 2.11. The molecule has 0 aromatic heterocycles. The number of aryl methyl sites for hydroxylation is 1. The molecule has 0 N–H and O–H groups in total. The highest BCUT2D eigenvalue weighted by molar-refractivity contribution is 9.11. The van der Waals surface area contributed by atoms with Crippen LogP contribution in [0.2, 0.25) is 0 Å². The van der Waals surface area contributed by atoms with Crippen LogP contribution in [0.1, 0.15) is 31.2 Å². The lowest BCUT2D eigenvalue weighted by Gasteiger charge is -2.13. The molecule has 1 aromatic carbocycles. The summed E-state index contributed by atoms with van der Waals surface area (Å²) in [6, 6.07) is 6.19. The fourth-order valence-corrected chi connectivity index (χ4v) is 3.62. The molecule has 0 radical (unpaired) electrons. The van der Waals surface area contributed by atoms with E-state index in [1.54, 1.807) is 0 Å². The molecule has 1 heterocycles. The molecule has 0 atom stereocenters. The topological polar surface area (TPSA) is 37.4 Å². The monoisotopic (exact) mass is 387 g/mol. The molecule has 0 spiro atoms. The van der Waals surface area contributed by atoms with Crippen molar-refractivity contribution in [3.63, 3.8) is 0 Å². The highest BCUT2D eigenvalue weighted by Crippen LogP contribution is 2.21. The van der Waals surface area contributed by atoms with Gasteiger partial charge in [0.2, 0.25) is 11.8 Å². The van der Waals surface area contributed by atoms with E-state index in [0.29, 0.717) is 19.4 Å². The number of hydrogen-bond acceptors (Lipinski definition) is 2. The molecule has 2 amide bonds.